The summed E-state index contributed by atoms with van der Waals surface area (Å²) < 4.78 is 56.7. The lowest BCUT2D eigenvalue weighted by Crippen LogP contribution is -2.36. The number of nitrogens with zero attached hydrogens (tertiary/aromatic N) is 1. The molecule has 0 radical (unpaired) electrons. The average Bonchev–Trinajstić information content (AvgIpc) is 3.20. The van der Waals surface area contributed by atoms with Crippen LogP contribution in [0.15, 0.2) is 64.0 Å². The molecule has 1 heterocycles. The molecule has 8 nitrogen and oxygen atoms in total. The number of hydrogen-bond acceptors (Lipinski definition) is 7. The van der Waals surface area contributed by atoms with E-state index in [4.69, 9.17) is 25.8 Å². The van der Waals surface area contributed by atoms with E-state index in [1.165, 1.54) is 13.2 Å². The minimum absolute atomic E-state index is 0.0228. The van der Waals surface area contributed by atoms with Crippen molar-refractivity contribution in [2.24, 2.45) is 0 Å². The number of ether oxygens (including phenoxy) is 3. The molecule has 1 aliphatic rings. The van der Waals surface area contributed by atoms with Crippen molar-refractivity contribution in [1.82, 2.24) is 4.90 Å². The summed E-state index contributed by atoms with van der Waals surface area (Å²) in [6, 6.07) is 13.1. The van der Waals surface area contributed by atoms with Gasteiger partial charge >= 0.3 is 6.18 Å². The van der Waals surface area contributed by atoms with Crippen LogP contribution in [0.2, 0.25) is 5.02 Å². The van der Waals surface area contributed by atoms with Crippen LogP contribution in [-0.2, 0) is 22.4 Å². The zero-order valence-electron chi connectivity index (χ0n) is 22.6. The standard InChI is InChI=1S/C29H23BrClF3N2O6S/c1-3-41-23-11-16(10-19(30)26(23)42-15-17-6-4-5-7-20(17)31)12-24-27(38)36(28(39)43-24)14-25(37)35-21-13-18(29(32,33)34)8-9-22(21)40-2/h4-13H,3,14-15H2,1-2H3,(H,35,37)/b24-12-. The van der Waals surface area contributed by atoms with Gasteiger partial charge in [-0.1, -0.05) is 29.8 Å². The minimum Gasteiger partial charge on any atom is -0.495 e. The highest BCUT2D eigenvalue weighted by molar-refractivity contribution is 9.10. The quantitative estimate of drug-likeness (QED) is 0.216. The molecule has 0 bridgehead atoms. The lowest BCUT2D eigenvalue weighted by atomic mass is 10.1. The fourth-order valence-corrected chi connectivity index (χ4v) is 5.55. The van der Waals surface area contributed by atoms with E-state index >= 15 is 0 Å². The van der Waals surface area contributed by atoms with Crippen molar-refractivity contribution in [2.75, 3.05) is 25.6 Å². The van der Waals surface area contributed by atoms with Crippen LogP contribution in [-0.4, -0.2) is 42.2 Å². The number of nitrogens with one attached hydrogen (secondary N) is 1. The summed E-state index contributed by atoms with van der Waals surface area (Å²) >= 11 is 10.3. The van der Waals surface area contributed by atoms with Gasteiger partial charge in [0.2, 0.25) is 5.91 Å². The highest BCUT2D eigenvalue weighted by Gasteiger charge is 2.37. The summed E-state index contributed by atoms with van der Waals surface area (Å²) in [5.74, 6) is -0.861. The van der Waals surface area contributed by atoms with E-state index in [0.717, 1.165) is 17.7 Å². The number of imide groups is 1. The maximum Gasteiger partial charge on any atom is 0.416 e. The summed E-state index contributed by atoms with van der Waals surface area (Å²) in [6.45, 7) is 1.57. The van der Waals surface area contributed by atoms with Crippen molar-refractivity contribution in [3.05, 3.63) is 85.7 Å². The van der Waals surface area contributed by atoms with E-state index in [9.17, 15) is 27.6 Å². The SMILES string of the molecule is CCOc1cc(/C=C2\SC(=O)N(CC(=O)Nc3cc(C(F)(F)F)ccc3OC)C2=O)cc(Br)c1OCc1ccccc1Cl. The molecule has 0 aliphatic carbocycles. The lowest BCUT2D eigenvalue weighted by Gasteiger charge is -2.16. The van der Waals surface area contributed by atoms with Gasteiger partial charge in [-0.05, 0) is 82.7 Å². The van der Waals surface area contributed by atoms with E-state index in [1.54, 1.807) is 25.1 Å². The summed E-state index contributed by atoms with van der Waals surface area (Å²) in [5.41, 5.74) is 0.0152. The third-order valence-electron chi connectivity index (χ3n) is 5.94. The van der Waals surface area contributed by atoms with E-state index in [0.29, 0.717) is 55.9 Å². The van der Waals surface area contributed by atoms with E-state index in [-0.39, 0.29) is 22.9 Å². The fourth-order valence-electron chi connectivity index (χ4n) is 3.94. The van der Waals surface area contributed by atoms with Crippen LogP contribution in [0, 0.1) is 0 Å². The second-order valence-electron chi connectivity index (χ2n) is 8.87. The first-order valence-electron chi connectivity index (χ1n) is 12.5. The Kier molecular flexibility index (Phi) is 10.3. The smallest absolute Gasteiger partial charge is 0.416 e. The Hall–Kier alpha value is -3.68. The number of carbonyl (C=O) groups excluding carboxylic acids is 3. The van der Waals surface area contributed by atoms with E-state index < -0.39 is 35.3 Å². The van der Waals surface area contributed by atoms with Crippen LogP contribution in [0.25, 0.3) is 6.08 Å². The Labute approximate surface area is 262 Å². The number of halogens is 5. The Morgan fingerprint density at radius 1 is 1.09 bits per heavy atom. The molecule has 226 valence electrons. The van der Waals surface area contributed by atoms with Gasteiger partial charge in [0.15, 0.2) is 11.5 Å². The first-order chi connectivity index (χ1) is 20.4. The predicted octanol–water partition coefficient (Wildman–Crippen LogP) is 7.78. The van der Waals surface area contributed by atoms with Crippen LogP contribution in [0.3, 0.4) is 0 Å². The Morgan fingerprint density at radius 3 is 2.51 bits per heavy atom. The molecule has 1 saturated heterocycles. The first kappa shape index (κ1) is 32.2. The molecule has 3 aromatic rings. The molecular weight excluding hydrogens is 677 g/mol. The number of rotatable bonds is 10. The van der Waals surface area contributed by atoms with Crippen LogP contribution in [0.1, 0.15) is 23.6 Å². The van der Waals surface area contributed by atoms with Crippen molar-refractivity contribution >= 4 is 68.1 Å². The number of anilines is 1. The fraction of sp³-hybridized carbons (Fsp3) is 0.207. The van der Waals surface area contributed by atoms with Crippen molar-refractivity contribution in [1.29, 1.82) is 0 Å². The molecule has 3 aromatic carbocycles. The Morgan fingerprint density at radius 2 is 1.84 bits per heavy atom. The maximum absolute atomic E-state index is 13.1. The van der Waals surface area contributed by atoms with E-state index in [2.05, 4.69) is 21.2 Å². The molecule has 1 fully saturated rings. The predicted molar refractivity (Wildman–Crippen MR) is 160 cm³/mol. The largest absolute Gasteiger partial charge is 0.495 e. The normalized spacial score (nSPS) is 14.3. The van der Waals surface area contributed by atoms with Gasteiger partial charge in [-0.2, -0.15) is 13.2 Å². The summed E-state index contributed by atoms with van der Waals surface area (Å²) in [5, 5.41) is 2.12. The molecule has 1 aliphatic heterocycles. The number of alkyl halides is 3. The van der Waals surface area contributed by atoms with Gasteiger partial charge in [-0.25, -0.2) is 0 Å². The van der Waals surface area contributed by atoms with Gasteiger partial charge in [0, 0.05) is 10.6 Å². The molecule has 0 atom stereocenters. The molecule has 3 amide bonds. The Bertz CT molecular complexity index is 1600. The van der Waals surface area contributed by atoms with Crippen molar-refractivity contribution in [3.63, 3.8) is 0 Å². The molecule has 0 saturated carbocycles. The third kappa shape index (κ3) is 7.84. The van der Waals surface area contributed by atoms with Gasteiger partial charge in [0.05, 0.1) is 34.3 Å². The molecule has 1 N–H and O–H groups in total. The summed E-state index contributed by atoms with van der Waals surface area (Å²) in [4.78, 5) is 39.1. The zero-order chi connectivity index (χ0) is 31.3. The minimum atomic E-state index is -4.65. The topological polar surface area (TPSA) is 94.2 Å². The number of benzene rings is 3. The Balaban J connectivity index is 1.50. The number of amides is 3. The van der Waals surface area contributed by atoms with Crippen LogP contribution < -0.4 is 19.5 Å². The molecule has 4 rings (SSSR count). The molecule has 0 unspecified atom stereocenters. The van der Waals surface area contributed by atoms with E-state index in [1.807, 2.05) is 18.2 Å². The molecule has 0 aromatic heterocycles. The highest BCUT2D eigenvalue weighted by Crippen LogP contribution is 2.40. The average molecular weight is 700 g/mol. The van der Waals surface area contributed by atoms with Crippen molar-refractivity contribution in [3.8, 4) is 17.2 Å². The number of hydrogen-bond donors (Lipinski definition) is 1. The third-order valence-corrected chi connectivity index (χ3v) is 7.80. The number of thioether (sulfide) groups is 1. The second-order valence-corrected chi connectivity index (χ2v) is 11.1. The lowest BCUT2D eigenvalue weighted by molar-refractivity contribution is -0.137. The summed E-state index contributed by atoms with van der Waals surface area (Å²) in [7, 11) is 1.23. The van der Waals surface area contributed by atoms with Crippen LogP contribution in [0.4, 0.5) is 23.7 Å². The van der Waals surface area contributed by atoms with Gasteiger partial charge in [-0.3, -0.25) is 19.3 Å². The van der Waals surface area contributed by atoms with Gasteiger partial charge in [0.25, 0.3) is 11.1 Å². The monoisotopic (exact) mass is 698 g/mol. The summed E-state index contributed by atoms with van der Waals surface area (Å²) in [6.07, 6.45) is -3.19. The van der Waals surface area contributed by atoms with Gasteiger partial charge in [0.1, 0.15) is 18.9 Å². The van der Waals surface area contributed by atoms with Crippen LogP contribution >= 0.6 is 39.3 Å². The highest BCUT2D eigenvalue weighted by atomic mass is 79.9. The van der Waals surface area contributed by atoms with Crippen molar-refractivity contribution in [2.45, 2.75) is 19.7 Å². The zero-order valence-corrected chi connectivity index (χ0v) is 25.7. The second kappa shape index (κ2) is 13.7. The molecular formula is C29H23BrClF3N2O6S. The maximum atomic E-state index is 13.1. The van der Waals surface area contributed by atoms with Crippen LogP contribution in [0.5, 0.6) is 17.2 Å². The van der Waals surface area contributed by atoms with Gasteiger partial charge in [-0.15, -0.1) is 0 Å². The molecule has 43 heavy (non-hydrogen) atoms. The first-order valence-corrected chi connectivity index (χ1v) is 14.5. The number of carbonyl (C=O) groups is 3. The molecule has 14 heteroatoms. The van der Waals surface area contributed by atoms with Crippen molar-refractivity contribution < 1.29 is 41.8 Å². The molecule has 0 spiro atoms. The van der Waals surface area contributed by atoms with Gasteiger partial charge < -0.3 is 19.5 Å². The number of methoxy groups -OCH3 is 1.